The first-order chi connectivity index (χ1) is 22.6. The molecule has 4 rings (SSSR count). The zero-order valence-electron chi connectivity index (χ0n) is 28.8. The van der Waals surface area contributed by atoms with Crippen LogP contribution in [0.5, 0.6) is 0 Å². The number of hydrogen-bond acceptors (Lipinski definition) is 10. The highest BCUT2D eigenvalue weighted by Gasteiger charge is 2.53. The predicted octanol–water partition coefficient (Wildman–Crippen LogP) is 6.34. The van der Waals surface area contributed by atoms with Gasteiger partial charge in [-0.2, -0.15) is 0 Å². The van der Waals surface area contributed by atoms with E-state index in [1.165, 1.54) is 0 Å². The monoisotopic (exact) mass is 652 g/mol. The van der Waals surface area contributed by atoms with E-state index in [0.29, 0.717) is 46.1 Å². The van der Waals surface area contributed by atoms with Crippen molar-refractivity contribution in [2.45, 2.75) is 147 Å². The summed E-state index contributed by atoms with van der Waals surface area (Å²) in [6, 6.07) is 9.94. The van der Waals surface area contributed by atoms with Gasteiger partial charge >= 0.3 is 0 Å². The molecule has 10 atom stereocenters. The van der Waals surface area contributed by atoms with Crippen LogP contribution in [0.25, 0.3) is 0 Å². The first kappa shape index (κ1) is 37.6. The zero-order valence-corrected chi connectivity index (χ0v) is 28.8. The molecule has 0 aliphatic carbocycles. The average molecular weight is 653 g/mol. The highest BCUT2D eigenvalue weighted by Crippen LogP contribution is 2.38. The maximum absolute atomic E-state index is 6.95. The summed E-state index contributed by atoms with van der Waals surface area (Å²) in [6.45, 7) is 11.9. The van der Waals surface area contributed by atoms with E-state index in [-0.39, 0.29) is 18.3 Å². The van der Waals surface area contributed by atoms with E-state index in [0.717, 1.165) is 56.9 Å². The van der Waals surface area contributed by atoms with Crippen molar-refractivity contribution in [2.24, 2.45) is 0 Å². The number of rotatable bonds is 21. The highest BCUT2D eigenvalue weighted by molar-refractivity contribution is 5.16. The average Bonchev–Trinajstić information content (AvgIpc) is 3.08. The lowest BCUT2D eigenvalue weighted by molar-refractivity contribution is -0.387. The Hall–Kier alpha value is -1.18. The quantitative estimate of drug-likeness (QED) is 0.140. The minimum Gasteiger partial charge on any atom is -0.379 e. The third-order valence-corrected chi connectivity index (χ3v) is 8.75. The van der Waals surface area contributed by atoms with Crippen molar-refractivity contribution in [2.75, 3.05) is 46.8 Å². The van der Waals surface area contributed by atoms with Crippen LogP contribution in [0.4, 0.5) is 0 Å². The van der Waals surface area contributed by atoms with Crippen LogP contribution in [0, 0.1) is 0 Å². The van der Waals surface area contributed by atoms with Crippen LogP contribution < -0.4 is 0 Å². The minimum atomic E-state index is -0.651. The molecule has 0 spiro atoms. The van der Waals surface area contributed by atoms with Gasteiger partial charge in [0.05, 0.1) is 19.3 Å². The molecule has 264 valence electrons. The SMILES string of the molecule is CCCCOCC1O[C@@H](O[C@@H]2C(OCCCC)[C@@H](OC)OC3COC(c4ccccc4)O[C@H]32)C[C@@H](OCCCC)[C@@H]1OCCCC. The summed E-state index contributed by atoms with van der Waals surface area (Å²) in [5, 5.41) is 0. The zero-order chi connectivity index (χ0) is 32.6. The fourth-order valence-electron chi connectivity index (χ4n) is 6.07. The van der Waals surface area contributed by atoms with E-state index in [2.05, 4.69) is 27.7 Å². The molecular weight excluding hydrogens is 592 g/mol. The summed E-state index contributed by atoms with van der Waals surface area (Å²) in [5.74, 6) is 0. The molecule has 0 aromatic heterocycles. The van der Waals surface area contributed by atoms with Gasteiger partial charge < -0.3 is 47.4 Å². The van der Waals surface area contributed by atoms with Crippen molar-refractivity contribution < 1.29 is 47.4 Å². The second-order valence-corrected chi connectivity index (χ2v) is 12.5. The van der Waals surface area contributed by atoms with Gasteiger partial charge in [-0.25, -0.2) is 0 Å². The Kier molecular flexibility index (Phi) is 17.2. The van der Waals surface area contributed by atoms with Gasteiger partial charge in [0.25, 0.3) is 0 Å². The van der Waals surface area contributed by atoms with Gasteiger partial charge in [-0.3, -0.25) is 0 Å². The van der Waals surface area contributed by atoms with Gasteiger partial charge in [0.2, 0.25) is 0 Å². The molecule has 0 amide bonds. The number of unbranched alkanes of at least 4 members (excludes halogenated alkanes) is 4. The topological polar surface area (TPSA) is 92.3 Å². The molecule has 0 bridgehead atoms. The number of fused-ring (bicyclic) bond motifs is 1. The molecule has 1 aromatic rings. The molecule has 3 aliphatic heterocycles. The van der Waals surface area contributed by atoms with Crippen molar-refractivity contribution in [3.8, 4) is 0 Å². The normalized spacial score (nSPS) is 33.2. The van der Waals surface area contributed by atoms with E-state index in [1.54, 1.807) is 7.11 Å². The van der Waals surface area contributed by atoms with Gasteiger partial charge in [-0.1, -0.05) is 83.7 Å². The number of hydrogen-bond donors (Lipinski definition) is 0. The number of benzene rings is 1. The van der Waals surface area contributed by atoms with Crippen molar-refractivity contribution >= 4 is 0 Å². The number of methoxy groups -OCH3 is 1. The van der Waals surface area contributed by atoms with Crippen molar-refractivity contribution in [1.29, 1.82) is 0 Å². The second-order valence-electron chi connectivity index (χ2n) is 12.5. The molecule has 46 heavy (non-hydrogen) atoms. The van der Waals surface area contributed by atoms with E-state index in [9.17, 15) is 0 Å². The summed E-state index contributed by atoms with van der Waals surface area (Å²) in [6.07, 6.45) is 3.98. The standard InChI is InChI=1S/C36H60O10/c1-6-10-19-38-24-28-31(40-21-12-8-3)27(39-20-11-7-2)23-30(43-28)45-33-32-29(44-36(37-5)34(33)41-22-13-9-4)25-42-35(46-32)26-17-15-14-16-18-26/h14-18,27-36H,6-13,19-25H2,1-5H3/t27-,28?,29?,30+,31+,32-,33+,34?,35?,36+/m1/s1. The maximum Gasteiger partial charge on any atom is 0.186 e. The molecule has 0 saturated carbocycles. The molecule has 3 saturated heterocycles. The summed E-state index contributed by atoms with van der Waals surface area (Å²) in [5.41, 5.74) is 0.937. The molecular formula is C36H60O10. The molecule has 3 aliphatic rings. The van der Waals surface area contributed by atoms with Crippen LogP contribution in [0.1, 0.15) is 97.3 Å². The molecule has 10 heteroatoms. The largest absolute Gasteiger partial charge is 0.379 e. The summed E-state index contributed by atoms with van der Waals surface area (Å²) in [4.78, 5) is 0. The number of ether oxygens (including phenoxy) is 10. The van der Waals surface area contributed by atoms with Gasteiger partial charge in [-0.15, -0.1) is 0 Å². The Morgan fingerprint density at radius 1 is 0.717 bits per heavy atom. The molecule has 1 aromatic carbocycles. The fourth-order valence-corrected chi connectivity index (χ4v) is 6.07. The molecule has 3 fully saturated rings. The van der Waals surface area contributed by atoms with Crippen LogP contribution >= 0.6 is 0 Å². The lowest BCUT2D eigenvalue weighted by atomic mass is 9.96. The first-order valence-corrected chi connectivity index (χ1v) is 17.9. The molecule has 10 nitrogen and oxygen atoms in total. The molecule has 4 unspecified atom stereocenters. The molecule has 0 N–H and O–H groups in total. The van der Waals surface area contributed by atoms with Gasteiger partial charge in [0.1, 0.15) is 36.6 Å². The van der Waals surface area contributed by atoms with E-state index in [4.69, 9.17) is 47.4 Å². The summed E-state index contributed by atoms with van der Waals surface area (Å²) < 4.78 is 64.1. The van der Waals surface area contributed by atoms with Crippen LogP contribution in [0.15, 0.2) is 30.3 Å². The Labute approximate surface area is 276 Å². The third-order valence-electron chi connectivity index (χ3n) is 8.75. The van der Waals surface area contributed by atoms with Crippen molar-refractivity contribution in [3.05, 3.63) is 35.9 Å². The fraction of sp³-hybridized carbons (Fsp3) is 0.833. The third kappa shape index (κ3) is 10.9. The van der Waals surface area contributed by atoms with Crippen LogP contribution in [-0.4, -0.2) is 102 Å². The smallest absolute Gasteiger partial charge is 0.186 e. The van der Waals surface area contributed by atoms with Crippen LogP contribution in [-0.2, 0) is 47.4 Å². The van der Waals surface area contributed by atoms with Gasteiger partial charge in [-0.05, 0) is 25.7 Å². The lowest BCUT2D eigenvalue weighted by Crippen LogP contribution is -2.65. The summed E-state index contributed by atoms with van der Waals surface area (Å²) in [7, 11) is 1.63. The van der Waals surface area contributed by atoms with E-state index in [1.807, 2.05) is 30.3 Å². The molecule has 0 radical (unpaired) electrons. The molecule has 3 heterocycles. The first-order valence-electron chi connectivity index (χ1n) is 17.9. The Balaban J connectivity index is 1.58. The van der Waals surface area contributed by atoms with Gasteiger partial charge in [0, 0.05) is 45.5 Å². The minimum absolute atomic E-state index is 0.206. The van der Waals surface area contributed by atoms with E-state index < -0.39 is 43.3 Å². The van der Waals surface area contributed by atoms with Crippen LogP contribution in [0.2, 0.25) is 0 Å². The predicted molar refractivity (Wildman–Crippen MR) is 173 cm³/mol. The second kappa shape index (κ2) is 21.0. The Bertz CT molecular complexity index is 921. The summed E-state index contributed by atoms with van der Waals surface area (Å²) >= 11 is 0. The highest BCUT2D eigenvalue weighted by atomic mass is 16.8. The Morgan fingerprint density at radius 3 is 2.04 bits per heavy atom. The van der Waals surface area contributed by atoms with Crippen molar-refractivity contribution in [3.63, 3.8) is 0 Å². The maximum atomic E-state index is 6.95. The van der Waals surface area contributed by atoms with Gasteiger partial charge in [0.15, 0.2) is 18.9 Å². The Morgan fingerprint density at radius 2 is 1.37 bits per heavy atom. The van der Waals surface area contributed by atoms with Crippen molar-refractivity contribution in [1.82, 2.24) is 0 Å². The van der Waals surface area contributed by atoms with E-state index >= 15 is 0 Å². The van der Waals surface area contributed by atoms with Crippen LogP contribution in [0.3, 0.4) is 0 Å². The lowest BCUT2D eigenvalue weighted by Gasteiger charge is -2.50.